The van der Waals surface area contributed by atoms with Crippen molar-refractivity contribution >= 4 is 40.8 Å². The summed E-state index contributed by atoms with van der Waals surface area (Å²) in [5.74, 6) is 0.743. The van der Waals surface area contributed by atoms with E-state index >= 15 is 0 Å². The fourth-order valence-electron chi connectivity index (χ4n) is 4.51. The largest absolute Gasteiger partial charge is 0.345 e. The Balaban J connectivity index is 1.59. The summed E-state index contributed by atoms with van der Waals surface area (Å²) >= 11 is 12.8. The molecular formula is C31H31Cl2N3. The zero-order valence-corrected chi connectivity index (χ0v) is 22.3. The fraction of sp³-hybridized carbons (Fsp3) is 0.226. The Morgan fingerprint density at radius 3 is 2.67 bits per heavy atom. The fourth-order valence-corrected chi connectivity index (χ4v) is 5.07. The second-order valence-electron chi connectivity index (χ2n) is 8.87. The third-order valence-electron chi connectivity index (χ3n) is 6.50. The Kier molecular flexibility index (Phi) is 8.79. The number of allylic oxidation sites excluding steroid dienone is 5. The molecule has 4 rings (SSSR count). The summed E-state index contributed by atoms with van der Waals surface area (Å²) in [6.07, 6.45) is 15.9. The molecule has 3 nitrogen and oxygen atoms in total. The Bertz CT molecular complexity index is 1310. The lowest BCUT2D eigenvalue weighted by Crippen LogP contribution is -2.36. The summed E-state index contributed by atoms with van der Waals surface area (Å²) in [7, 11) is 1.79. The van der Waals surface area contributed by atoms with Crippen LogP contribution in [0.2, 0.25) is 10.0 Å². The van der Waals surface area contributed by atoms with Crippen molar-refractivity contribution < 1.29 is 0 Å². The maximum absolute atomic E-state index is 6.50. The first-order valence-electron chi connectivity index (χ1n) is 12.2. The SMILES string of the molecule is C=CC(=C\C1=C(C)c2cc(Cl)cc(Cl)c2C1)/C(=N/C)NC(/N=C/Cc1ccccc1)C1=CCCC=C1. The van der Waals surface area contributed by atoms with E-state index in [1.165, 1.54) is 16.7 Å². The van der Waals surface area contributed by atoms with Crippen LogP contribution >= 0.6 is 23.2 Å². The zero-order valence-electron chi connectivity index (χ0n) is 20.8. The Morgan fingerprint density at radius 1 is 1.17 bits per heavy atom. The van der Waals surface area contributed by atoms with E-state index in [2.05, 4.69) is 60.2 Å². The first kappa shape index (κ1) is 25.9. The predicted molar refractivity (Wildman–Crippen MR) is 156 cm³/mol. The van der Waals surface area contributed by atoms with Crippen molar-refractivity contribution in [2.75, 3.05) is 7.05 Å². The van der Waals surface area contributed by atoms with Crippen LogP contribution in [0.4, 0.5) is 0 Å². The van der Waals surface area contributed by atoms with Gasteiger partial charge in [-0.25, -0.2) is 0 Å². The maximum Gasteiger partial charge on any atom is 0.145 e. The molecule has 1 unspecified atom stereocenters. The van der Waals surface area contributed by atoms with Crippen LogP contribution in [0.3, 0.4) is 0 Å². The van der Waals surface area contributed by atoms with E-state index in [4.69, 9.17) is 28.2 Å². The maximum atomic E-state index is 6.50. The van der Waals surface area contributed by atoms with Crippen molar-refractivity contribution in [2.24, 2.45) is 9.98 Å². The van der Waals surface area contributed by atoms with E-state index < -0.39 is 0 Å². The first-order valence-corrected chi connectivity index (χ1v) is 12.9. The molecule has 1 atom stereocenters. The van der Waals surface area contributed by atoms with Gasteiger partial charge < -0.3 is 5.32 Å². The lowest BCUT2D eigenvalue weighted by Gasteiger charge is -2.21. The topological polar surface area (TPSA) is 36.8 Å². The molecule has 0 saturated carbocycles. The molecule has 2 aliphatic carbocycles. The molecule has 2 aromatic carbocycles. The van der Waals surface area contributed by atoms with Crippen LogP contribution in [-0.2, 0) is 12.8 Å². The summed E-state index contributed by atoms with van der Waals surface area (Å²) in [6, 6.07) is 14.1. The Hall–Kier alpha value is -3.14. The van der Waals surface area contributed by atoms with Gasteiger partial charge in [-0.05, 0) is 77.8 Å². The number of hydrogen-bond donors (Lipinski definition) is 1. The van der Waals surface area contributed by atoms with Gasteiger partial charge in [0.25, 0.3) is 0 Å². The molecule has 184 valence electrons. The summed E-state index contributed by atoms with van der Waals surface area (Å²) in [5.41, 5.74) is 7.83. The average molecular weight is 517 g/mol. The second-order valence-corrected chi connectivity index (χ2v) is 9.71. The van der Waals surface area contributed by atoms with E-state index in [0.717, 1.165) is 53.8 Å². The molecule has 0 heterocycles. The molecule has 0 amide bonds. The standard InChI is InChI=1S/C31H31Cl2N3/c1-4-23(17-25-18-28-27(21(25)2)19-26(32)20-29(28)33)30(34-3)36-31(24-13-9-6-10-14-24)35-16-15-22-11-7-5-8-12-22/h4-5,7-9,11-14,16-17,19-20,31H,1,6,10,15,18H2,2-3H3,(H,34,36)/b23-17+,35-16+. The van der Waals surface area contributed by atoms with Crippen molar-refractivity contribution in [1.82, 2.24) is 5.32 Å². The minimum Gasteiger partial charge on any atom is -0.345 e. The number of rotatable bonds is 8. The minimum atomic E-state index is -0.239. The quantitative estimate of drug-likeness (QED) is 0.216. The van der Waals surface area contributed by atoms with Crippen molar-refractivity contribution in [3.63, 3.8) is 0 Å². The number of halogens is 2. The molecule has 0 spiro atoms. The van der Waals surface area contributed by atoms with Gasteiger partial charge in [-0.3, -0.25) is 9.98 Å². The number of fused-ring (bicyclic) bond motifs is 1. The molecule has 0 saturated heterocycles. The monoisotopic (exact) mass is 515 g/mol. The summed E-state index contributed by atoms with van der Waals surface area (Å²) in [5, 5.41) is 4.91. The van der Waals surface area contributed by atoms with Gasteiger partial charge in [0.2, 0.25) is 0 Å². The molecule has 0 radical (unpaired) electrons. The van der Waals surface area contributed by atoms with Crippen LogP contribution in [0, 0.1) is 0 Å². The number of amidine groups is 1. The van der Waals surface area contributed by atoms with E-state index in [9.17, 15) is 0 Å². The number of aliphatic imine (C=N–C) groups is 2. The van der Waals surface area contributed by atoms with E-state index in [0.29, 0.717) is 10.0 Å². The number of hydrogen-bond acceptors (Lipinski definition) is 2. The number of nitrogens with zero attached hydrogens (tertiary/aromatic N) is 2. The van der Waals surface area contributed by atoms with E-state index in [1.54, 1.807) is 13.1 Å². The summed E-state index contributed by atoms with van der Waals surface area (Å²) in [6.45, 7) is 6.18. The van der Waals surface area contributed by atoms with Gasteiger partial charge in [0, 0.05) is 35.3 Å². The minimum absolute atomic E-state index is 0.239. The van der Waals surface area contributed by atoms with Gasteiger partial charge in [-0.1, -0.05) is 84.4 Å². The van der Waals surface area contributed by atoms with E-state index in [1.807, 2.05) is 36.6 Å². The number of benzene rings is 2. The normalized spacial score (nSPS) is 16.8. The second kappa shape index (κ2) is 12.2. The molecule has 0 aromatic heterocycles. The molecule has 0 aliphatic heterocycles. The molecule has 36 heavy (non-hydrogen) atoms. The molecule has 0 fully saturated rings. The summed E-state index contributed by atoms with van der Waals surface area (Å²) in [4.78, 5) is 9.48. The van der Waals surface area contributed by atoms with Gasteiger partial charge >= 0.3 is 0 Å². The molecule has 0 bridgehead atoms. The molecule has 2 aliphatic rings. The van der Waals surface area contributed by atoms with Crippen LogP contribution in [0.25, 0.3) is 5.57 Å². The van der Waals surface area contributed by atoms with Gasteiger partial charge in [0.15, 0.2) is 0 Å². The van der Waals surface area contributed by atoms with Crippen molar-refractivity contribution in [3.8, 4) is 0 Å². The third kappa shape index (κ3) is 6.16. The summed E-state index contributed by atoms with van der Waals surface area (Å²) < 4.78 is 0. The van der Waals surface area contributed by atoms with Crippen LogP contribution < -0.4 is 5.32 Å². The number of nitrogens with one attached hydrogen (secondary N) is 1. The van der Waals surface area contributed by atoms with Gasteiger partial charge in [-0.2, -0.15) is 0 Å². The third-order valence-corrected chi connectivity index (χ3v) is 7.05. The lowest BCUT2D eigenvalue weighted by atomic mass is 10.0. The van der Waals surface area contributed by atoms with Gasteiger partial charge in [0.1, 0.15) is 12.0 Å². The molecular weight excluding hydrogens is 485 g/mol. The Morgan fingerprint density at radius 2 is 1.97 bits per heavy atom. The highest BCUT2D eigenvalue weighted by molar-refractivity contribution is 6.35. The Labute approximate surface area is 224 Å². The average Bonchev–Trinajstić information content (AvgIpc) is 3.21. The zero-order chi connectivity index (χ0) is 25.5. The van der Waals surface area contributed by atoms with Gasteiger partial charge in [0.05, 0.1) is 0 Å². The van der Waals surface area contributed by atoms with E-state index in [-0.39, 0.29) is 6.17 Å². The van der Waals surface area contributed by atoms with Crippen molar-refractivity contribution in [3.05, 3.63) is 123 Å². The predicted octanol–water partition coefficient (Wildman–Crippen LogP) is 7.97. The molecule has 5 heteroatoms. The van der Waals surface area contributed by atoms with Crippen LogP contribution in [-0.4, -0.2) is 25.3 Å². The highest BCUT2D eigenvalue weighted by atomic mass is 35.5. The highest BCUT2D eigenvalue weighted by Gasteiger charge is 2.22. The first-order chi connectivity index (χ1) is 17.5. The molecule has 1 N–H and O–H groups in total. The smallest absolute Gasteiger partial charge is 0.145 e. The molecule has 2 aromatic rings. The van der Waals surface area contributed by atoms with Crippen LogP contribution in [0.1, 0.15) is 36.5 Å². The van der Waals surface area contributed by atoms with Crippen molar-refractivity contribution in [2.45, 2.75) is 38.8 Å². The lowest BCUT2D eigenvalue weighted by molar-refractivity contribution is 0.732. The highest BCUT2D eigenvalue weighted by Crippen LogP contribution is 2.39. The van der Waals surface area contributed by atoms with Gasteiger partial charge in [-0.15, -0.1) is 0 Å². The van der Waals surface area contributed by atoms with Crippen LogP contribution in [0.15, 0.2) is 106 Å². The van der Waals surface area contributed by atoms with Crippen molar-refractivity contribution in [1.29, 1.82) is 0 Å². The van der Waals surface area contributed by atoms with Crippen LogP contribution in [0.5, 0.6) is 0 Å².